The van der Waals surface area contributed by atoms with Gasteiger partial charge in [-0.2, -0.15) is 0 Å². The Labute approximate surface area is 183 Å². The van der Waals surface area contributed by atoms with E-state index in [1.54, 1.807) is 0 Å². The Kier molecular flexibility index (Phi) is 8.32. The summed E-state index contributed by atoms with van der Waals surface area (Å²) in [7, 11) is 0. The lowest BCUT2D eigenvalue weighted by molar-refractivity contribution is 0.0758. The van der Waals surface area contributed by atoms with Crippen LogP contribution in [0, 0.1) is 13.8 Å². The van der Waals surface area contributed by atoms with Crippen molar-refractivity contribution in [2.24, 2.45) is 0 Å². The molecule has 2 nitrogen and oxygen atoms in total. The molecular formula is C28H40O2. The van der Waals surface area contributed by atoms with Gasteiger partial charge in [-0.1, -0.05) is 83.0 Å². The van der Waals surface area contributed by atoms with Gasteiger partial charge in [0.1, 0.15) is 5.75 Å². The fourth-order valence-corrected chi connectivity index (χ4v) is 4.45. The first-order valence-corrected chi connectivity index (χ1v) is 11.6. The first-order chi connectivity index (χ1) is 14.2. The third-order valence-corrected chi connectivity index (χ3v) is 6.93. The van der Waals surface area contributed by atoms with E-state index in [2.05, 4.69) is 64.1 Å². The highest BCUT2D eigenvalue weighted by atomic mass is 16.3. The summed E-state index contributed by atoms with van der Waals surface area (Å²) < 4.78 is 0. The second-order valence-corrected chi connectivity index (χ2v) is 8.76. The Balaban J connectivity index is 2.42. The monoisotopic (exact) mass is 408 g/mol. The van der Waals surface area contributed by atoms with Crippen molar-refractivity contribution in [1.29, 1.82) is 0 Å². The van der Waals surface area contributed by atoms with Gasteiger partial charge in [-0.05, 0) is 73.4 Å². The molecule has 0 fully saturated rings. The van der Waals surface area contributed by atoms with Gasteiger partial charge in [0.05, 0.1) is 5.60 Å². The van der Waals surface area contributed by atoms with Crippen LogP contribution in [-0.2, 0) is 5.41 Å². The van der Waals surface area contributed by atoms with E-state index in [4.69, 9.17) is 0 Å². The molecule has 30 heavy (non-hydrogen) atoms. The van der Waals surface area contributed by atoms with Crippen LogP contribution in [0.2, 0.25) is 0 Å². The van der Waals surface area contributed by atoms with Gasteiger partial charge in [0, 0.05) is 5.41 Å². The minimum Gasteiger partial charge on any atom is -0.508 e. The predicted octanol–water partition coefficient (Wildman–Crippen LogP) is 7.46. The van der Waals surface area contributed by atoms with Gasteiger partial charge < -0.3 is 10.2 Å². The van der Waals surface area contributed by atoms with E-state index >= 15 is 0 Å². The SMILES string of the molecule is CCCCC(O)(C=Cc1ccc(C(CC)(CC)c2ccc(O)c(C)c2)cc1C)CC. The summed E-state index contributed by atoms with van der Waals surface area (Å²) in [6.45, 7) is 12.8. The summed E-state index contributed by atoms with van der Waals surface area (Å²) in [6, 6.07) is 12.7. The van der Waals surface area contributed by atoms with Crippen LogP contribution in [0.4, 0.5) is 0 Å². The van der Waals surface area contributed by atoms with Crippen molar-refractivity contribution in [3.63, 3.8) is 0 Å². The molecule has 1 unspecified atom stereocenters. The predicted molar refractivity (Wildman–Crippen MR) is 129 cm³/mol. The molecule has 2 aromatic rings. The molecule has 0 spiro atoms. The van der Waals surface area contributed by atoms with Gasteiger partial charge >= 0.3 is 0 Å². The number of hydrogen-bond acceptors (Lipinski definition) is 2. The second kappa shape index (κ2) is 10.3. The molecular weight excluding hydrogens is 368 g/mol. The molecule has 0 aromatic heterocycles. The maximum absolute atomic E-state index is 10.9. The average molecular weight is 409 g/mol. The maximum atomic E-state index is 10.9. The number of benzene rings is 2. The van der Waals surface area contributed by atoms with Gasteiger partial charge in [-0.3, -0.25) is 0 Å². The van der Waals surface area contributed by atoms with Gasteiger partial charge in [0.25, 0.3) is 0 Å². The largest absolute Gasteiger partial charge is 0.508 e. The van der Waals surface area contributed by atoms with Crippen LogP contribution in [0.25, 0.3) is 6.08 Å². The number of aliphatic hydroxyl groups is 1. The normalized spacial score (nSPS) is 14.2. The third kappa shape index (κ3) is 5.16. The maximum Gasteiger partial charge on any atom is 0.118 e. The van der Waals surface area contributed by atoms with Crippen molar-refractivity contribution in [1.82, 2.24) is 0 Å². The fourth-order valence-electron chi connectivity index (χ4n) is 4.45. The van der Waals surface area contributed by atoms with Gasteiger partial charge in [0.15, 0.2) is 0 Å². The summed E-state index contributed by atoms with van der Waals surface area (Å²) in [4.78, 5) is 0. The molecule has 0 aliphatic rings. The lowest BCUT2D eigenvalue weighted by Gasteiger charge is -2.34. The van der Waals surface area contributed by atoms with E-state index < -0.39 is 5.60 Å². The Bertz CT molecular complexity index is 861. The van der Waals surface area contributed by atoms with E-state index in [1.807, 2.05) is 26.0 Å². The van der Waals surface area contributed by atoms with E-state index in [0.29, 0.717) is 5.75 Å². The lowest BCUT2D eigenvalue weighted by Crippen LogP contribution is -2.26. The summed E-state index contributed by atoms with van der Waals surface area (Å²) in [6.07, 6.45) is 9.73. The number of rotatable bonds is 10. The van der Waals surface area contributed by atoms with Gasteiger partial charge in [-0.15, -0.1) is 0 Å². The first-order valence-electron chi connectivity index (χ1n) is 11.6. The van der Waals surface area contributed by atoms with Crippen LogP contribution < -0.4 is 0 Å². The number of phenolic OH excluding ortho intramolecular Hbond substituents is 1. The van der Waals surface area contributed by atoms with Crippen molar-refractivity contribution in [2.75, 3.05) is 0 Å². The highest BCUT2D eigenvalue weighted by molar-refractivity contribution is 5.57. The Morgan fingerprint density at radius 1 is 0.833 bits per heavy atom. The number of hydrogen-bond donors (Lipinski definition) is 2. The van der Waals surface area contributed by atoms with E-state index in [-0.39, 0.29) is 5.41 Å². The molecule has 2 heteroatoms. The lowest BCUT2D eigenvalue weighted by atomic mass is 9.70. The van der Waals surface area contributed by atoms with Crippen molar-refractivity contribution < 1.29 is 10.2 Å². The molecule has 0 aliphatic carbocycles. The number of phenols is 1. The minimum atomic E-state index is -0.721. The van der Waals surface area contributed by atoms with Crippen molar-refractivity contribution >= 4 is 6.08 Å². The average Bonchev–Trinajstić information content (AvgIpc) is 2.75. The summed E-state index contributed by atoms with van der Waals surface area (Å²) in [5.74, 6) is 0.350. The zero-order chi connectivity index (χ0) is 22.4. The molecule has 0 radical (unpaired) electrons. The summed E-state index contributed by atoms with van der Waals surface area (Å²) in [5.41, 5.74) is 5.07. The molecule has 1 atom stereocenters. The molecule has 2 rings (SSSR count). The minimum absolute atomic E-state index is 0.0727. The van der Waals surface area contributed by atoms with Crippen molar-refractivity contribution in [3.05, 3.63) is 70.3 Å². The van der Waals surface area contributed by atoms with Crippen LogP contribution in [0.1, 0.15) is 94.0 Å². The highest BCUT2D eigenvalue weighted by Crippen LogP contribution is 2.41. The highest BCUT2D eigenvalue weighted by Gasteiger charge is 2.31. The zero-order valence-corrected chi connectivity index (χ0v) is 19.8. The van der Waals surface area contributed by atoms with Crippen molar-refractivity contribution in [2.45, 2.75) is 91.1 Å². The third-order valence-electron chi connectivity index (χ3n) is 6.93. The van der Waals surface area contributed by atoms with Crippen LogP contribution >= 0.6 is 0 Å². The molecule has 2 N–H and O–H groups in total. The molecule has 0 saturated heterocycles. The van der Waals surface area contributed by atoms with E-state index in [0.717, 1.165) is 49.7 Å². The molecule has 164 valence electrons. The van der Waals surface area contributed by atoms with E-state index in [9.17, 15) is 10.2 Å². The molecule has 0 heterocycles. The quantitative estimate of drug-likeness (QED) is 0.428. The summed E-state index contributed by atoms with van der Waals surface area (Å²) >= 11 is 0. The summed E-state index contributed by atoms with van der Waals surface area (Å²) in [5, 5.41) is 20.8. The molecule has 2 aromatic carbocycles. The second-order valence-electron chi connectivity index (χ2n) is 8.76. The van der Waals surface area contributed by atoms with Gasteiger partial charge in [0.2, 0.25) is 0 Å². The zero-order valence-electron chi connectivity index (χ0n) is 19.8. The Morgan fingerprint density at radius 2 is 1.43 bits per heavy atom. The van der Waals surface area contributed by atoms with Gasteiger partial charge in [-0.25, -0.2) is 0 Å². The van der Waals surface area contributed by atoms with Crippen LogP contribution in [0.15, 0.2) is 42.5 Å². The van der Waals surface area contributed by atoms with E-state index in [1.165, 1.54) is 16.7 Å². The Hall–Kier alpha value is -2.06. The molecule has 0 saturated carbocycles. The standard InChI is InChI=1S/C28H40O2/c1-7-11-17-27(30,8-2)18-16-23-12-13-24(19-21(23)5)28(9-3,10-4)25-14-15-26(29)22(6)20-25/h12-16,18-20,29-30H,7-11,17H2,1-6H3. The van der Waals surface area contributed by atoms with Crippen LogP contribution in [-0.4, -0.2) is 15.8 Å². The fraction of sp³-hybridized carbons (Fsp3) is 0.500. The molecule has 0 aliphatic heterocycles. The molecule has 0 amide bonds. The topological polar surface area (TPSA) is 40.5 Å². The number of aromatic hydroxyl groups is 1. The number of unbranched alkanes of at least 4 members (excludes halogenated alkanes) is 1. The first kappa shape index (κ1) is 24.2. The van der Waals surface area contributed by atoms with Crippen molar-refractivity contribution in [3.8, 4) is 5.75 Å². The van der Waals surface area contributed by atoms with Crippen LogP contribution in [0.5, 0.6) is 5.75 Å². The Morgan fingerprint density at radius 3 is 1.93 bits per heavy atom. The molecule has 0 bridgehead atoms. The number of aryl methyl sites for hydroxylation is 2. The van der Waals surface area contributed by atoms with Crippen LogP contribution in [0.3, 0.4) is 0 Å². The smallest absolute Gasteiger partial charge is 0.118 e.